The van der Waals surface area contributed by atoms with Crippen molar-refractivity contribution in [3.8, 4) is 23.1 Å². The van der Waals surface area contributed by atoms with Crippen LogP contribution in [0.4, 0.5) is 0 Å². The van der Waals surface area contributed by atoms with E-state index in [1.165, 1.54) is 0 Å². The van der Waals surface area contributed by atoms with Gasteiger partial charge in [0, 0.05) is 19.1 Å². The third kappa shape index (κ3) is 5.30. The maximum Gasteiger partial charge on any atom is 0.227 e. The predicted octanol–water partition coefficient (Wildman–Crippen LogP) is 5.93. The fraction of sp³-hybridized carbons (Fsp3) is 0.300. The number of rotatable bonds is 11. The van der Waals surface area contributed by atoms with Crippen molar-refractivity contribution in [2.45, 2.75) is 44.9 Å². The zero-order valence-electron chi connectivity index (χ0n) is 20.9. The van der Waals surface area contributed by atoms with Crippen molar-refractivity contribution in [3.63, 3.8) is 0 Å². The summed E-state index contributed by atoms with van der Waals surface area (Å²) in [4.78, 5) is 2.37. The number of para-hydroxylation sites is 3. The molecule has 1 aromatic heterocycles. The molecule has 0 aliphatic heterocycles. The van der Waals surface area contributed by atoms with Crippen molar-refractivity contribution in [2.75, 3.05) is 13.7 Å². The molecule has 6 nitrogen and oxygen atoms in total. The Morgan fingerprint density at radius 1 is 0.944 bits per heavy atom. The molecule has 1 unspecified atom stereocenters. The van der Waals surface area contributed by atoms with E-state index in [-0.39, 0.29) is 0 Å². The van der Waals surface area contributed by atoms with Crippen LogP contribution in [-0.4, -0.2) is 39.5 Å². The monoisotopic (exact) mass is 483 g/mol. The van der Waals surface area contributed by atoms with Crippen LogP contribution >= 0.6 is 0 Å². The van der Waals surface area contributed by atoms with Crippen molar-refractivity contribution >= 4 is 0 Å². The Morgan fingerprint density at radius 3 is 2.22 bits per heavy atom. The average Bonchev–Trinajstić information content (AvgIpc) is 3.73. The number of hydrogen-bond donors (Lipinski definition) is 1. The number of benzene rings is 3. The van der Waals surface area contributed by atoms with Gasteiger partial charge in [0.15, 0.2) is 11.5 Å². The minimum atomic E-state index is -0.556. The first-order chi connectivity index (χ1) is 17.7. The standard InChI is InChI=1S/C30H33N3O3/c1-3-26-25(20-32(23-18-19-23)21-27(34)22-12-6-4-7-13-22)30(33(31-26)24-14-8-5-9-15-24)36-29-17-11-10-16-28(29)35-2/h4-17,23,27,34H,3,18-21H2,1-2H3. The van der Waals surface area contributed by atoms with Crippen LogP contribution in [0.1, 0.15) is 42.7 Å². The third-order valence-corrected chi connectivity index (χ3v) is 6.65. The van der Waals surface area contributed by atoms with Crippen LogP contribution in [0.15, 0.2) is 84.9 Å². The van der Waals surface area contributed by atoms with E-state index in [1.54, 1.807) is 7.11 Å². The van der Waals surface area contributed by atoms with Gasteiger partial charge in [0.2, 0.25) is 5.88 Å². The smallest absolute Gasteiger partial charge is 0.227 e. The van der Waals surface area contributed by atoms with Crippen LogP contribution in [0.5, 0.6) is 17.4 Å². The summed E-state index contributed by atoms with van der Waals surface area (Å²) in [6.45, 7) is 3.33. The van der Waals surface area contributed by atoms with Crippen LogP contribution < -0.4 is 9.47 Å². The topological polar surface area (TPSA) is 59.8 Å². The van der Waals surface area contributed by atoms with Gasteiger partial charge in [-0.2, -0.15) is 5.10 Å². The molecule has 3 aromatic carbocycles. The predicted molar refractivity (Wildman–Crippen MR) is 141 cm³/mol. The Labute approximate surface area is 212 Å². The number of ether oxygens (including phenoxy) is 2. The number of nitrogens with zero attached hydrogens (tertiary/aromatic N) is 3. The third-order valence-electron chi connectivity index (χ3n) is 6.65. The Kier molecular flexibility index (Phi) is 7.35. The highest BCUT2D eigenvalue weighted by Crippen LogP contribution is 2.38. The minimum absolute atomic E-state index is 0.451. The molecule has 1 N–H and O–H groups in total. The molecule has 1 saturated carbocycles. The summed E-state index contributed by atoms with van der Waals surface area (Å²) in [6, 6.07) is 28.1. The van der Waals surface area contributed by atoms with Gasteiger partial charge < -0.3 is 14.6 Å². The van der Waals surface area contributed by atoms with Crippen LogP contribution in [0, 0.1) is 0 Å². The number of aryl methyl sites for hydroxylation is 1. The van der Waals surface area contributed by atoms with E-state index in [2.05, 4.69) is 11.8 Å². The zero-order valence-corrected chi connectivity index (χ0v) is 20.9. The van der Waals surface area contributed by atoms with Gasteiger partial charge in [-0.15, -0.1) is 0 Å². The second kappa shape index (κ2) is 11.0. The summed E-state index contributed by atoms with van der Waals surface area (Å²) in [5.74, 6) is 1.99. The first-order valence-corrected chi connectivity index (χ1v) is 12.6. The van der Waals surface area contributed by atoms with E-state index in [0.29, 0.717) is 36.5 Å². The van der Waals surface area contributed by atoms with Gasteiger partial charge in [0.05, 0.1) is 30.2 Å². The van der Waals surface area contributed by atoms with Crippen molar-refractivity contribution < 1.29 is 14.6 Å². The van der Waals surface area contributed by atoms with Crippen molar-refractivity contribution in [1.29, 1.82) is 0 Å². The normalized spacial score (nSPS) is 14.1. The maximum atomic E-state index is 11.0. The Hall–Kier alpha value is -3.61. The molecule has 0 saturated heterocycles. The summed E-state index contributed by atoms with van der Waals surface area (Å²) in [5, 5.41) is 16.0. The lowest BCUT2D eigenvalue weighted by molar-refractivity contribution is 0.104. The maximum absolute atomic E-state index is 11.0. The number of aliphatic hydroxyl groups excluding tert-OH is 1. The Morgan fingerprint density at radius 2 is 1.58 bits per heavy atom. The van der Waals surface area contributed by atoms with Crippen molar-refractivity contribution in [1.82, 2.24) is 14.7 Å². The van der Waals surface area contributed by atoms with Gasteiger partial charge in [0.1, 0.15) is 0 Å². The lowest BCUT2D eigenvalue weighted by Gasteiger charge is -2.25. The summed E-state index contributed by atoms with van der Waals surface area (Å²) in [6.07, 6.45) is 2.49. The molecule has 1 fully saturated rings. The second-order valence-corrected chi connectivity index (χ2v) is 9.17. The van der Waals surface area contributed by atoms with E-state index >= 15 is 0 Å². The van der Waals surface area contributed by atoms with Crippen molar-refractivity contribution in [3.05, 3.63) is 102 Å². The summed E-state index contributed by atoms with van der Waals surface area (Å²) in [5.41, 5.74) is 3.90. The fourth-order valence-electron chi connectivity index (χ4n) is 4.57. The van der Waals surface area contributed by atoms with Gasteiger partial charge in [0.25, 0.3) is 0 Å². The van der Waals surface area contributed by atoms with E-state index in [4.69, 9.17) is 14.6 Å². The molecular weight excluding hydrogens is 450 g/mol. The molecule has 1 heterocycles. The first-order valence-electron chi connectivity index (χ1n) is 12.6. The minimum Gasteiger partial charge on any atom is -0.493 e. The summed E-state index contributed by atoms with van der Waals surface area (Å²) in [7, 11) is 1.65. The molecule has 0 radical (unpaired) electrons. The van der Waals surface area contributed by atoms with E-state index in [9.17, 15) is 5.11 Å². The molecule has 0 bridgehead atoms. The highest BCUT2D eigenvalue weighted by Gasteiger charge is 2.33. The van der Waals surface area contributed by atoms with Gasteiger partial charge in [-0.25, -0.2) is 4.68 Å². The van der Waals surface area contributed by atoms with Crippen molar-refractivity contribution in [2.24, 2.45) is 0 Å². The molecule has 1 atom stereocenters. The number of aromatic nitrogens is 2. The highest BCUT2D eigenvalue weighted by molar-refractivity contribution is 5.47. The molecule has 1 aliphatic rings. The van der Waals surface area contributed by atoms with Crippen LogP contribution in [-0.2, 0) is 13.0 Å². The second-order valence-electron chi connectivity index (χ2n) is 9.17. The number of hydrogen-bond acceptors (Lipinski definition) is 5. The molecule has 1 aliphatic carbocycles. The fourth-order valence-corrected chi connectivity index (χ4v) is 4.57. The van der Waals surface area contributed by atoms with Gasteiger partial charge >= 0.3 is 0 Å². The van der Waals surface area contributed by atoms with Gasteiger partial charge in [-0.1, -0.05) is 67.6 Å². The van der Waals surface area contributed by atoms with Crippen LogP contribution in [0.25, 0.3) is 5.69 Å². The lowest BCUT2D eigenvalue weighted by Crippen LogP contribution is -2.30. The Bertz CT molecular complexity index is 1270. The Balaban J connectivity index is 1.53. The number of aliphatic hydroxyl groups is 1. The molecule has 0 amide bonds. The van der Waals surface area contributed by atoms with Crippen LogP contribution in [0.2, 0.25) is 0 Å². The SMILES string of the molecule is CCc1nn(-c2ccccc2)c(Oc2ccccc2OC)c1CN(CC(O)c1ccccc1)C1CC1. The molecule has 6 heteroatoms. The molecule has 5 rings (SSSR count). The van der Waals surface area contributed by atoms with E-state index < -0.39 is 6.10 Å². The van der Waals surface area contributed by atoms with E-state index in [0.717, 1.165) is 41.8 Å². The zero-order chi connectivity index (χ0) is 24.9. The van der Waals surface area contributed by atoms with Gasteiger partial charge in [-0.3, -0.25) is 4.90 Å². The molecule has 0 spiro atoms. The highest BCUT2D eigenvalue weighted by atomic mass is 16.5. The molecular formula is C30H33N3O3. The van der Waals surface area contributed by atoms with Gasteiger partial charge in [-0.05, 0) is 49.1 Å². The van der Waals surface area contributed by atoms with E-state index in [1.807, 2.05) is 89.6 Å². The first kappa shape index (κ1) is 24.1. The molecule has 36 heavy (non-hydrogen) atoms. The lowest BCUT2D eigenvalue weighted by atomic mass is 10.1. The average molecular weight is 484 g/mol. The molecule has 4 aromatic rings. The molecule has 186 valence electrons. The number of methoxy groups -OCH3 is 1. The van der Waals surface area contributed by atoms with Crippen LogP contribution in [0.3, 0.4) is 0 Å². The summed E-state index contributed by atoms with van der Waals surface area (Å²) < 4.78 is 14.0. The largest absolute Gasteiger partial charge is 0.493 e. The quantitative estimate of drug-likeness (QED) is 0.286. The summed E-state index contributed by atoms with van der Waals surface area (Å²) >= 11 is 0.